The highest BCUT2D eigenvalue weighted by atomic mass is 35.6. The second-order valence-electron chi connectivity index (χ2n) is 1.95. The van der Waals surface area contributed by atoms with Crippen molar-refractivity contribution in [2.45, 2.75) is 3.79 Å². The van der Waals surface area contributed by atoms with Crippen LogP contribution in [0, 0.1) is 0 Å². The molecule has 0 radical (unpaired) electrons. The number of nitrogens with one attached hydrogen (secondary N) is 2. The fourth-order valence-electron chi connectivity index (χ4n) is 0.689. The van der Waals surface area contributed by atoms with Crippen molar-refractivity contribution in [1.29, 1.82) is 0 Å². The molecule has 1 heterocycles. The van der Waals surface area contributed by atoms with E-state index in [1.54, 1.807) is 6.08 Å². The lowest BCUT2D eigenvalue weighted by molar-refractivity contribution is 0.193. The average molecular weight is 217 g/mol. The molecule has 0 atom stereocenters. The molecular formula is C4H7Cl3N4. The molecule has 0 aromatic rings. The number of rotatable bonds is 0. The summed E-state index contributed by atoms with van der Waals surface area (Å²) in [5, 5.41) is 1.12. The van der Waals surface area contributed by atoms with Crippen molar-refractivity contribution in [2.24, 2.45) is 5.84 Å². The molecule has 0 amide bonds. The highest BCUT2D eigenvalue weighted by Crippen LogP contribution is 2.35. The van der Waals surface area contributed by atoms with E-state index < -0.39 is 3.79 Å². The molecule has 1 rings (SSSR count). The van der Waals surface area contributed by atoms with Crippen molar-refractivity contribution in [3.8, 4) is 0 Å². The topological polar surface area (TPSA) is 53.3 Å². The predicted molar refractivity (Wildman–Crippen MR) is 45.5 cm³/mol. The predicted octanol–water partition coefficient (Wildman–Crippen LogP) is 0.439. The van der Waals surface area contributed by atoms with Crippen molar-refractivity contribution in [2.75, 3.05) is 6.54 Å². The molecule has 0 aliphatic carbocycles. The number of nitrogens with two attached hydrogens (primary N) is 1. The third kappa shape index (κ3) is 2.37. The van der Waals surface area contributed by atoms with E-state index in [-0.39, 0.29) is 0 Å². The summed E-state index contributed by atoms with van der Waals surface area (Å²) in [4.78, 5) is 0. The Morgan fingerprint density at radius 1 is 1.55 bits per heavy atom. The van der Waals surface area contributed by atoms with Crippen LogP contribution in [0.5, 0.6) is 0 Å². The molecule has 0 bridgehead atoms. The zero-order valence-electron chi connectivity index (χ0n) is 5.44. The zero-order valence-corrected chi connectivity index (χ0v) is 7.71. The molecule has 1 aliphatic rings. The van der Waals surface area contributed by atoms with Gasteiger partial charge in [-0.2, -0.15) is 5.53 Å². The van der Waals surface area contributed by atoms with Crippen molar-refractivity contribution < 1.29 is 0 Å². The van der Waals surface area contributed by atoms with Gasteiger partial charge in [-0.15, -0.1) is 0 Å². The third-order valence-corrected chi connectivity index (χ3v) is 1.73. The van der Waals surface area contributed by atoms with Crippen LogP contribution in [0.15, 0.2) is 11.8 Å². The number of hydrogen-bond donors (Lipinski definition) is 3. The number of alkyl halides is 3. The summed E-state index contributed by atoms with van der Waals surface area (Å²) < 4.78 is -1.48. The van der Waals surface area contributed by atoms with E-state index >= 15 is 0 Å². The van der Waals surface area contributed by atoms with Crippen molar-refractivity contribution in [3.63, 3.8) is 0 Å². The van der Waals surface area contributed by atoms with Crippen LogP contribution in [0.25, 0.3) is 0 Å². The first-order valence-corrected chi connectivity index (χ1v) is 3.96. The van der Waals surface area contributed by atoms with Crippen molar-refractivity contribution >= 4 is 34.8 Å². The van der Waals surface area contributed by atoms with Gasteiger partial charge in [-0.05, 0) is 6.08 Å². The maximum Gasteiger partial charge on any atom is 0.233 e. The monoisotopic (exact) mass is 216 g/mol. The normalized spacial score (nSPS) is 20.0. The highest BCUT2D eigenvalue weighted by Gasteiger charge is 2.30. The summed E-state index contributed by atoms with van der Waals surface area (Å²) in [7, 11) is 0. The third-order valence-electron chi connectivity index (χ3n) is 1.15. The molecular weight excluding hydrogens is 210 g/mol. The maximum absolute atomic E-state index is 5.58. The van der Waals surface area contributed by atoms with Crippen LogP contribution in [0.4, 0.5) is 0 Å². The zero-order chi connectivity index (χ0) is 8.48. The molecule has 64 valence electrons. The lowest BCUT2D eigenvalue weighted by Gasteiger charge is -2.30. The molecule has 0 aromatic carbocycles. The summed E-state index contributed by atoms with van der Waals surface area (Å²) in [6.07, 6.45) is 1.68. The van der Waals surface area contributed by atoms with E-state index in [4.69, 9.17) is 40.6 Å². The van der Waals surface area contributed by atoms with Crippen LogP contribution >= 0.6 is 34.8 Å². The first-order chi connectivity index (χ1) is 5.02. The van der Waals surface area contributed by atoms with Gasteiger partial charge in [-0.3, -0.25) is 0 Å². The Morgan fingerprint density at radius 2 is 2.18 bits per heavy atom. The Bertz CT molecular complexity index is 175. The summed E-state index contributed by atoms with van der Waals surface area (Å²) in [6, 6.07) is 0. The van der Waals surface area contributed by atoms with Crippen LogP contribution < -0.4 is 16.8 Å². The number of hydrogen-bond acceptors (Lipinski definition) is 4. The molecule has 4 N–H and O–H groups in total. The number of halogens is 3. The molecule has 0 spiro atoms. The van der Waals surface area contributed by atoms with Gasteiger partial charge in [0.25, 0.3) is 0 Å². The summed E-state index contributed by atoms with van der Waals surface area (Å²) >= 11 is 16.7. The summed E-state index contributed by atoms with van der Waals surface area (Å²) in [6.45, 7) is 0.566. The second kappa shape index (κ2) is 3.35. The Labute approximate surface area is 79.2 Å². The van der Waals surface area contributed by atoms with Crippen molar-refractivity contribution in [1.82, 2.24) is 16.1 Å². The van der Waals surface area contributed by atoms with E-state index in [0.717, 1.165) is 5.12 Å². The highest BCUT2D eigenvalue weighted by molar-refractivity contribution is 6.69. The largest absolute Gasteiger partial charge is 0.235 e. The second-order valence-corrected chi connectivity index (χ2v) is 4.23. The minimum atomic E-state index is -1.48. The van der Waals surface area contributed by atoms with Crippen LogP contribution in [0.2, 0.25) is 0 Å². The summed E-state index contributed by atoms with van der Waals surface area (Å²) in [5.74, 6) is 5.40. The van der Waals surface area contributed by atoms with Crippen molar-refractivity contribution in [3.05, 3.63) is 11.8 Å². The molecule has 1 aliphatic heterocycles. The van der Waals surface area contributed by atoms with Gasteiger partial charge >= 0.3 is 0 Å². The minimum Gasteiger partial charge on any atom is -0.235 e. The molecule has 11 heavy (non-hydrogen) atoms. The summed E-state index contributed by atoms with van der Waals surface area (Å²) in [5.41, 5.74) is 5.72. The fraction of sp³-hybridized carbons (Fsp3) is 0.500. The Morgan fingerprint density at radius 3 is 2.55 bits per heavy atom. The molecule has 0 unspecified atom stereocenters. The first-order valence-electron chi connectivity index (χ1n) is 2.82. The van der Waals surface area contributed by atoms with E-state index in [2.05, 4.69) is 11.0 Å². The SMILES string of the molecule is NN1NNCC=C1C(Cl)(Cl)Cl. The van der Waals surface area contributed by atoms with Crippen LogP contribution in [-0.4, -0.2) is 15.5 Å². The maximum atomic E-state index is 5.58. The fourth-order valence-corrected chi connectivity index (χ4v) is 1.19. The lowest BCUT2D eigenvalue weighted by atomic mass is 10.4. The molecule has 0 fully saturated rings. The van der Waals surface area contributed by atoms with Gasteiger partial charge in [-0.1, -0.05) is 34.8 Å². The Hall–Kier alpha value is 0.290. The number of allylic oxidation sites excluding steroid dienone is 1. The molecule has 4 nitrogen and oxygen atoms in total. The van der Waals surface area contributed by atoms with E-state index in [1.807, 2.05) is 0 Å². The molecule has 0 saturated carbocycles. The first kappa shape index (κ1) is 9.38. The molecule has 7 heteroatoms. The molecule has 0 aromatic heterocycles. The quantitative estimate of drug-likeness (QED) is 0.407. The van der Waals surface area contributed by atoms with Gasteiger partial charge in [0.1, 0.15) is 0 Å². The Balaban J connectivity index is 2.76. The average Bonchev–Trinajstić information content (AvgIpc) is 1.86. The van der Waals surface area contributed by atoms with Gasteiger partial charge in [0.05, 0.1) is 5.70 Å². The van der Waals surface area contributed by atoms with Gasteiger partial charge < -0.3 is 0 Å². The lowest BCUT2D eigenvalue weighted by Crippen LogP contribution is -2.55. The van der Waals surface area contributed by atoms with E-state index in [0.29, 0.717) is 12.2 Å². The van der Waals surface area contributed by atoms with Gasteiger partial charge in [0.15, 0.2) is 0 Å². The number of hydrazine groups is 3. The van der Waals surface area contributed by atoms with E-state index in [1.165, 1.54) is 0 Å². The van der Waals surface area contributed by atoms with E-state index in [9.17, 15) is 0 Å². The standard InChI is InChI=1S/C4H7Cl3N4/c5-4(6,7)3-1-2-9-10-11(3)8/h1,9-10H,2,8H2. The number of nitrogens with zero attached hydrogens (tertiary/aromatic N) is 1. The van der Waals surface area contributed by atoms with Crippen LogP contribution in [-0.2, 0) is 0 Å². The van der Waals surface area contributed by atoms with Crippen LogP contribution in [0.1, 0.15) is 0 Å². The minimum absolute atomic E-state index is 0.404. The van der Waals surface area contributed by atoms with Gasteiger partial charge in [0.2, 0.25) is 3.79 Å². The van der Waals surface area contributed by atoms with Gasteiger partial charge in [0, 0.05) is 6.54 Å². The van der Waals surface area contributed by atoms with Gasteiger partial charge in [-0.25, -0.2) is 16.4 Å². The molecule has 0 saturated heterocycles. The Kier molecular flexibility index (Phi) is 2.85. The smallest absolute Gasteiger partial charge is 0.233 e. The van der Waals surface area contributed by atoms with Crippen LogP contribution in [0.3, 0.4) is 0 Å².